The van der Waals surface area contributed by atoms with Crippen LogP contribution in [0, 0.1) is 0 Å². The minimum absolute atomic E-state index is 0.0167. The lowest BCUT2D eigenvalue weighted by molar-refractivity contribution is 0.415. The molecule has 0 amide bonds. The molecule has 2 heterocycles. The summed E-state index contributed by atoms with van der Waals surface area (Å²) in [5.41, 5.74) is 0.520. The Morgan fingerprint density at radius 3 is 2.48 bits per heavy atom. The van der Waals surface area contributed by atoms with Crippen molar-refractivity contribution in [2.45, 2.75) is 0 Å². The van der Waals surface area contributed by atoms with E-state index in [0.29, 0.717) is 16.7 Å². The highest BCUT2D eigenvalue weighted by atomic mass is 16.5. The Bertz CT molecular complexity index is 1110. The van der Waals surface area contributed by atoms with Gasteiger partial charge >= 0.3 is 5.63 Å². The number of phenols is 1. The number of hydrogen-bond donors (Lipinski definition) is 1. The van der Waals surface area contributed by atoms with E-state index in [0.717, 1.165) is 0 Å². The molecule has 4 rings (SSSR count). The van der Waals surface area contributed by atoms with E-state index in [1.165, 1.54) is 12.1 Å². The number of hydrogen-bond acceptors (Lipinski definition) is 7. The summed E-state index contributed by atoms with van der Waals surface area (Å²) in [6.45, 7) is 0. The van der Waals surface area contributed by atoms with Crippen LogP contribution in [0.3, 0.4) is 0 Å². The third-order valence-corrected chi connectivity index (χ3v) is 3.71. The van der Waals surface area contributed by atoms with Gasteiger partial charge in [-0.1, -0.05) is 0 Å². The van der Waals surface area contributed by atoms with E-state index in [4.69, 9.17) is 13.6 Å². The molecular weight excluding hydrogens is 324 g/mol. The van der Waals surface area contributed by atoms with Gasteiger partial charge < -0.3 is 18.7 Å². The molecule has 1 N–H and O–H groups in total. The van der Waals surface area contributed by atoms with Gasteiger partial charge in [-0.2, -0.15) is 0 Å². The Kier molecular flexibility index (Phi) is 3.46. The molecule has 0 atom stereocenters. The first kappa shape index (κ1) is 14.9. The molecule has 0 fully saturated rings. The van der Waals surface area contributed by atoms with Crippen molar-refractivity contribution >= 4 is 11.0 Å². The summed E-state index contributed by atoms with van der Waals surface area (Å²) in [6.07, 6.45) is 0. The third kappa shape index (κ3) is 2.72. The van der Waals surface area contributed by atoms with E-state index in [-0.39, 0.29) is 28.7 Å². The van der Waals surface area contributed by atoms with Crippen LogP contribution in [0.2, 0.25) is 0 Å². The van der Waals surface area contributed by atoms with Crippen molar-refractivity contribution in [2.24, 2.45) is 0 Å². The van der Waals surface area contributed by atoms with E-state index in [1.807, 2.05) is 0 Å². The Balaban J connectivity index is 1.76. The number of rotatable bonds is 3. The first-order valence-electron chi connectivity index (χ1n) is 7.39. The van der Waals surface area contributed by atoms with E-state index in [2.05, 4.69) is 10.2 Å². The maximum atomic E-state index is 12.2. The lowest BCUT2D eigenvalue weighted by Gasteiger charge is -2.00. The molecule has 0 spiro atoms. The number of fused-ring (bicyclic) bond motifs is 1. The van der Waals surface area contributed by atoms with Crippen molar-refractivity contribution in [3.8, 4) is 34.4 Å². The molecule has 7 nitrogen and oxygen atoms in total. The summed E-state index contributed by atoms with van der Waals surface area (Å²) in [5.74, 6) is 1.07. The molecule has 124 valence electrons. The molecule has 0 saturated heterocycles. The zero-order valence-corrected chi connectivity index (χ0v) is 13.1. The minimum Gasteiger partial charge on any atom is -0.508 e. The van der Waals surface area contributed by atoms with Crippen molar-refractivity contribution < 1.29 is 18.7 Å². The van der Waals surface area contributed by atoms with Crippen molar-refractivity contribution in [2.75, 3.05) is 7.11 Å². The van der Waals surface area contributed by atoms with Gasteiger partial charge in [-0.05, 0) is 42.5 Å². The number of phenolic OH excluding ortho intramolecular Hbond substituents is 1. The second-order valence-corrected chi connectivity index (χ2v) is 5.31. The summed E-state index contributed by atoms with van der Waals surface area (Å²) < 4.78 is 15.9. The van der Waals surface area contributed by atoms with E-state index >= 15 is 0 Å². The fraction of sp³-hybridized carbons (Fsp3) is 0.0556. The standard InChI is InChI=1S/C18H12N2O5/c1-23-13-6-3-10(4-7-13)16-19-20-17(25-16)14-8-11-2-5-12(21)9-15(11)24-18(14)22/h2-9,21H,1H3. The summed E-state index contributed by atoms with van der Waals surface area (Å²) in [6, 6.07) is 13.2. The molecule has 7 heteroatoms. The van der Waals surface area contributed by atoms with Gasteiger partial charge in [0.2, 0.25) is 5.89 Å². The van der Waals surface area contributed by atoms with Crippen LogP contribution in [0.5, 0.6) is 11.5 Å². The van der Waals surface area contributed by atoms with Gasteiger partial charge in [0.1, 0.15) is 22.6 Å². The molecule has 0 aliphatic rings. The van der Waals surface area contributed by atoms with Crippen LogP contribution in [0.25, 0.3) is 33.9 Å². The maximum Gasteiger partial charge on any atom is 0.349 e. The van der Waals surface area contributed by atoms with Gasteiger partial charge in [0.05, 0.1) is 7.11 Å². The summed E-state index contributed by atoms with van der Waals surface area (Å²) in [5, 5.41) is 18.0. The zero-order chi connectivity index (χ0) is 17.4. The number of methoxy groups -OCH3 is 1. The first-order chi connectivity index (χ1) is 12.1. The molecule has 0 aliphatic carbocycles. The van der Waals surface area contributed by atoms with Gasteiger partial charge in [0, 0.05) is 17.0 Å². The van der Waals surface area contributed by atoms with Gasteiger partial charge in [-0.25, -0.2) is 4.79 Å². The predicted molar refractivity (Wildman–Crippen MR) is 89.4 cm³/mol. The molecule has 0 unspecified atom stereocenters. The zero-order valence-electron chi connectivity index (χ0n) is 13.1. The number of aromatic nitrogens is 2. The van der Waals surface area contributed by atoms with Crippen molar-refractivity contribution in [3.63, 3.8) is 0 Å². The van der Waals surface area contributed by atoms with E-state index in [9.17, 15) is 9.90 Å². The lowest BCUT2D eigenvalue weighted by atomic mass is 10.2. The van der Waals surface area contributed by atoms with Gasteiger partial charge in [-0.3, -0.25) is 0 Å². The van der Waals surface area contributed by atoms with Crippen LogP contribution >= 0.6 is 0 Å². The second-order valence-electron chi connectivity index (χ2n) is 5.31. The van der Waals surface area contributed by atoms with Gasteiger partial charge in [0.15, 0.2) is 0 Å². The molecule has 0 saturated carbocycles. The fourth-order valence-electron chi connectivity index (χ4n) is 2.43. The highest BCUT2D eigenvalue weighted by Gasteiger charge is 2.16. The average molecular weight is 336 g/mol. The van der Waals surface area contributed by atoms with Crippen molar-refractivity contribution in [3.05, 3.63) is 59.0 Å². The summed E-state index contributed by atoms with van der Waals surface area (Å²) in [7, 11) is 1.58. The second kappa shape index (κ2) is 5.79. The van der Waals surface area contributed by atoms with Crippen LogP contribution in [-0.4, -0.2) is 22.4 Å². The Labute approximate surface area is 141 Å². The minimum atomic E-state index is -0.622. The monoisotopic (exact) mass is 336 g/mol. The quantitative estimate of drug-likeness (QED) is 0.573. The van der Waals surface area contributed by atoms with Crippen LogP contribution in [0.1, 0.15) is 0 Å². The first-order valence-corrected chi connectivity index (χ1v) is 7.39. The van der Waals surface area contributed by atoms with E-state index in [1.54, 1.807) is 43.5 Å². The molecule has 25 heavy (non-hydrogen) atoms. The number of aromatic hydroxyl groups is 1. The molecule has 0 aliphatic heterocycles. The Hall–Kier alpha value is -3.61. The normalized spacial score (nSPS) is 10.9. The smallest absolute Gasteiger partial charge is 0.349 e. The van der Waals surface area contributed by atoms with Gasteiger partial charge in [-0.15, -0.1) is 10.2 Å². The largest absolute Gasteiger partial charge is 0.508 e. The SMILES string of the molecule is COc1ccc(-c2nnc(-c3cc4ccc(O)cc4oc3=O)o2)cc1. The maximum absolute atomic E-state index is 12.2. The van der Waals surface area contributed by atoms with Crippen LogP contribution < -0.4 is 10.4 Å². The Morgan fingerprint density at radius 1 is 0.960 bits per heavy atom. The van der Waals surface area contributed by atoms with Crippen molar-refractivity contribution in [1.82, 2.24) is 10.2 Å². The molecule has 0 radical (unpaired) electrons. The van der Waals surface area contributed by atoms with Crippen molar-refractivity contribution in [1.29, 1.82) is 0 Å². The number of ether oxygens (including phenoxy) is 1. The molecular formula is C18H12N2O5. The molecule has 2 aromatic carbocycles. The lowest BCUT2D eigenvalue weighted by Crippen LogP contribution is -2.02. The van der Waals surface area contributed by atoms with Crippen LogP contribution in [0.15, 0.2) is 62.2 Å². The fourth-order valence-corrected chi connectivity index (χ4v) is 2.43. The molecule has 4 aromatic rings. The summed E-state index contributed by atoms with van der Waals surface area (Å²) in [4.78, 5) is 12.2. The highest BCUT2D eigenvalue weighted by Crippen LogP contribution is 2.26. The number of benzene rings is 2. The topological polar surface area (TPSA) is 98.6 Å². The summed E-state index contributed by atoms with van der Waals surface area (Å²) >= 11 is 0. The van der Waals surface area contributed by atoms with Crippen LogP contribution in [-0.2, 0) is 0 Å². The highest BCUT2D eigenvalue weighted by molar-refractivity contribution is 5.81. The van der Waals surface area contributed by atoms with E-state index < -0.39 is 5.63 Å². The molecule has 0 bridgehead atoms. The molecule has 2 aromatic heterocycles. The van der Waals surface area contributed by atoms with Crippen LogP contribution in [0.4, 0.5) is 0 Å². The third-order valence-electron chi connectivity index (χ3n) is 3.71. The Morgan fingerprint density at radius 2 is 1.72 bits per heavy atom. The number of nitrogens with zero attached hydrogens (tertiary/aromatic N) is 2. The average Bonchev–Trinajstić information content (AvgIpc) is 3.11. The predicted octanol–water partition coefficient (Wildman–Crippen LogP) is 3.22. The van der Waals surface area contributed by atoms with Gasteiger partial charge in [0.25, 0.3) is 5.89 Å².